The minimum Gasteiger partial charge on any atom is -0.337 e. The molecule has 200 valence electrons. The third-order valence-electron chi connectivity index (χ3n) is 7.42. The third-order valence-corrected chi connectivity index (χ3v) is 8.61. The molecule has 0 bridgehead atoms. The number of H-pyrrole nitrogens is 2. The Labute approximate surface area is 233 Å². The largest absolute Gasteiger partial charge is 0.337 e. The van der Waals surface area contributed by atoms with Crippen molar-refractivity contribution in [1.29, 1.82) is 0 Å². The van der Waals surface area contributed by atoms with Crippen LogP contribution >= 0.6 is 11.3 Å². The molecule has 5 aromatic heterocycles. The number of nitrogens with one attached hydrogen (secondary N) is 2. The molecular weight excluding hydrogens is 525 g/mol. The van der Waals surface area contributed by atoms with E-state index in [1.54, 1.807) is 25.4 Å². The first-order valence-corrected chi connectivity index (χ1v) is 14.2. The van der Waals surface area contributed by atoms with E-state index in [1.165, 1.54) is 36.7 Å². The first-order chi connectivity index (χ1) is 19.5. The fraction of sp³-hybridized carbons (Fsp3) is 0.233. The summed E-state index contributed by atoms with van der Waals surface area (Å²) in [6.07, 6.45) is 9.12. The number of aromatic amines is 2. The van der Waals surface area contributed by atoms with Crippen LogP contribution in [0.5, 0.6) is 0 Å². The minimum absolute atomic E-state index is 0.0140. The van der Waals surface area contributed by atoms with Gasteiger partial charge >= 0.3 is 0 Å². The molecule has 1 aromatic carbocycles. The van der Waals surface area contributed by atoms with E-state index < -0.39 is 5.82 Å². The lowest BCUT2D eigenvalue weighted by Gasteiger charge is -2.26. The van der Waals surface area contributed by atoms with Gasteiger partial charge in [0, 0.05) is 36.1 Å². The number of hydrogen-bond donors (Lipinski definition) is 2. The van der Waals surface area contributed by atoms with Crippen LogP contribution in [0.2, 0.25) is 0 Å². The molecular formula is C30H26FN7OS. The molecule has 10 heteroatoms. The summed E-state index contributed by atoms with van der Waals surface area (Å²) in [6.45, 7) is 4.59. The Morgan fingerprint density at radius 1 is 1.05 bits per heavy atom. The summed E-state index contributed by atoms with van der Waals surface area (Å²) in [7, 11) is 0. The van der Waals surface area contributed by atoms with Crippen molar-refractivity contribution in [3.05, 3.63) is 71.2 Å². The second-order valence-corrected chi connectivity index (χ2v) is 11.3. The minimum atomic E-state index is -0.412. The number of fused-ring (bicyclic) bond motifs is 2. The highest BCUT2D eigenvalue weighted by Crippen LogP contribution is 2.35. The fourth-order valence-electron chi connectivity index (χ4n) is 5.42. The Morgan fingerprint density at radius 3 is 2.75 bits per heavy atom. The molecule has 40 heavy (non-hydrogen) atoms. The maximum atomic E-state index is 15.3. The predicted molar refractivity (Wildman–Crippen MR) is 155 cm³/mol. The summed E-state index contributed by atoms with van der Waals surface area (Å²) in [5.41, 5.74) is 5.68. The number of carbonyl (C=O) groups is 1. The summed E-state index contributed by atoms with van der Waals surface area (Å²) in [5.74, 6) is 0.133. The Bertz CT molecular complexity index is 1880. The van der Waals surface area contributed by atoms with Gasteiger partial charge in [-0.05, 0) is 80.4 Å². The van der Waals surface area contributed by atoms with Gasteiger partial charge in [0.25, 0.3) is 0 Å². The molecule has 0 spiro atoms. The van der Waals surface area contributed by atoms with Crippen LogP contribution in [-0.4, -0.2) is 53.9 Å². The normalized spacial score (nSPS) is 14.3. The van der Waals surface area contributed by atoms with Crippen LogP contribution in [0, 0.1) is 5.82 Å². The van der Waals surface area contributed by atoms with Crippen LogP contribution in [0.4, 0.5) is 4.39 Å². The number of carbonyl (C=O) groups excluding carboxylic acids is 1. The molecule has 8 nitrogen and oxygen atoms in total. The van der Waals surface area contributed by atoms with E-state index in [0.717, 1.165) is 46.7 Å². The lowest BCUT2D eigenvalue weighted by Crippen LogP contribution is -2.29. The number of imidazole rings is 1. The highest BCUT2D eigenvalue weighted by Gasteiger charge is 2.19. The van der Waals surface area contributed by atoms with E-state index in [9.17, 15) is 4.79 Å². The Hall–Kier alpha value is -4.28. The van der Waals surface area contributed by atoms with Crippen LogP contribution < -0.4 is 0 Å². The van der Waals surface area contributed by atoms with Crippen molar-refractivity contribution in [2.24, 2.45) is 0 Å². The number of Topliss-reactive ketones (excluding diaryl/α,β-unsaturated/α-hetero) is 1. The highest BCUT2D eigenvalue weighted by molar-refractivity contribution is 7.17. The zero-order valence-electron chi connectivity index (χ0n) is 21.9. The van der Waals surface area contributed by atoms with E-state index in [4.69, 9.17) is 4.98 Å². The monoisotopic (exact) mass is 551 g/mol. The van der Waals surface area contributed by atoms with Gasteiger partial charge in [-0.2, -0.15) is 5.10 Å². The standard InChI is InChI=1S/C30H26FN7OS/c1-17(39)24-5-6-25(40-24)29-28-23(7-8-33-29)34-30(35-28)27-21-12-19(13-22(31)26(21)36-37-27)20-11-18(14-32-15-20)16-38-9-3-2-4-10-38/h5-8,11-15H,2-4,9-10,16H2,1H3,(H,34,35)(H,36,37). The summed E-state index contributed by atoms with van der Waals surface area (Å²) in [6, 6.07) is 11.1. The SMILES string of the molecule is CC(=O)c1ccc(-c2nccc3[nH]c(-c4[nH]nc5c(F)cc(-c6cncc(CN7CCCCC7)c6)cc45)nc23)s1. The number of halogens is 1. The quantitative estimate of drug-likeness (QED) is 0.226. The van der Waals surface area contributed by atoms with Crippen molar-refractivity contribution in [2.45, 2.75) is 32.7 Å². The zero-order chi connectivity index (χ0) is 27.2. The van der Waals surface area contributed by atoms with Gasteiger partial charge in [-0.3, -0.25) is 24.8 Å². The molecule has 1 fully saturated rings. The fourth-order valence-corrected chi connectivity index (χ4v) is 6.32. The summed E-state index contributed by atoms with van der Waals surface area (Å²) < 4.78 is 15.3. The number of thiophene rings is 1. The lowest BCUT2D eigenvalue weighted by molar-refractivity contribution is 0.102. The second kappa shape index (κ2) is 10.0. The van der Waals surface area contributed by atoms with E-state index in [-0.39, 0.29) is 11.3 Å². The van der Waals surface area contributed by atoms with Crippen molar-refractivity contribution in [3.8, 4) is 33.2 Å². The van der Waals surface area contributed by atoms with E-state index >= 15 is 4.39 Å². The van der Waals surface area contributed by atoms with Crippen LogP contribution in [-0.2, 0) is 6.54 Å². The Morgan fingerprint density at radius 2 is 1.93 bits per heavy atom. The molecule has 1 saturated heterocycles. The first kappa shape index (κ1) is 24.7. The van der Waals surface area contributed by atoms with Crippen LogP contribution in [0.3, 0.4) is 0 Å². The van der Waals surface area contributed by atoms with Gasteiger partial charge in [-0.1, -0.05) is 6.42 Å². The summed E-state index contributed by atoms with van der Waals surface area (Å²) in [4.78, 5) is 33.0. The summed E-state index contributed by atoms with van der Waals surface area (Å²) >= 11 is 1.39. The number of rotatable bonds is 6. The van der Waals surface area contributed by atoms with E-state index in [1.807, 2.05) is 24.4 Å². The van der Waals surface area contributed by atoms with E-state index in [0.29, 0.717) is 33.0 Å². The van der Waals surface area contributed by atoms with Crippen molar-refractivity contribution in [3.63, 3.8) is 0 Å². The molecule has 0 atom stereocenters. The molecule has 7 rings (SSSR count). The van der Waals surface area contributed by atoms with Crippen LogP contribution in [0.1, 0.15) is 41.4 Å². The average Bonchev–Trinajstić information content (AvgIpc) is 3.72. The van der Waals surface area contributed by atoms with Gasteiger partial charge < -0.3 is 4.98 Å². The van der Waals surface area contributed by atoms with Gasteiger partial charge in [0.05, 0.1) is 15.3 Å². The average molecular weight is 552 g/mol. The van der Waals surface area contributed by atoms with Crippen LogP contribution in [0.25, 0.3) is 55.2 Å². The molecule has 0 saturated carbocycles. The van der Waals surface area contributed by atoms with Gasteiger partial charge in [0.15, 0.2) is 17.4 Å². The number of nitrogens with zero attached hydrogens (tertiary/aromatic N) is 5. The number of pyridine rings is 2. The summed E-state index contributed by atoms with van der Waals surface area (Å²) in [5, 5.41) is 7.88. The lowest BCUT2D eigenvalue weighted by atomic mass is 10.0. The van der Waals surface area contributed by atoms with Crippen molar-refractivity contribution in [1.82, 2.24) is 35.0 Å². The number of aromatic nitrogens is 6. The molecule has 0 amide bonds. The second-order valence-electron chi connectivity index (χ2n) is 10.2. The molecule has 6 heterocycles. The zero-order valence-corrected chi connectivity index (χ0v) is 22.7. The number of hydrogen-bond acceptors (Lipinski definition) is 7. The number of ketones is 1. The van der Waals surface area contributed by atoms with Crippen molar-refractivity contribution in [2.75, 3.05) is 13.1 Å². The van der Waals surface area contributed by atoms with Gasteiger partial charge in [-0.15, -0.1) is 11.3 Å². The van der Waals surface area contributed by atoms with Crippen LogP contribution in [0.15, 0.2) is 55.0 Å². The van der Waals surface area contributed by atoms with Gasteiger partial charge in [0.2, 0.25) is 0 Å². The Kier molecular flexibility index (Phi) is 6.21. The number of benzene rings is 1. The maximum absolute atomic E-state index is 15.3. The molecule has 1 aliphatic rings. The molecule has 0 radical (unpaired) electrons. The molecule has 2 N–H and O–H groups in total. The molecule has 6 aromatic rings. The first-order valence-electron chi connectivity index (χ1n) is 13.3. The van der Waals surface area contributed by atoms with Gasteiger partial charge in [-0.25, -0.2) is 9.37 Å². The van der Waals surface area contributed by atoms with Crippen molar-refractivity contribution < 1.29 is 9.18 Å². The predicted octanol–water partition coefficient (Wildman–Crippen LogP) is 6.62. The maximum Gasteiger partial charge on any atom is 0.169 e. The molecule has 0 aliphatic carbocycles. The van der Waals surface area contributed by atoms with E-state index in [2.05, 4.69) is 36.1 Å². The van der Waals surface area contributed by atoms with Crippen molar-refractivity contribution >= 4 is 39.1 Å². The Balaban J connectivity index is 1.27. The highest BCUT2D eigenvalue weighted by atomic mass is 32.1. The molecule has 0 unspecified atom stereocenters. The number of likely N-dealkylation sites (tertiary alicyclic amines) is 1. The third kappa shape index (κ3) is 4.48. The topological polar surface area (TPSA) is 103 Å². The smallest absolute Gasteiger partial charge is 0.169 e. The molecule has 1 aliphatic heterocycles. The van der Waals surface area contributed by atoms with Gasteiger partial charge in [0.1, 0.15) is 22.4 Å². The number of piperidine rings is 1.